The second kappa shape index (κ2) is 3.86. The summed E-state index contributed by atoms with van der Waals surface area (Å²) in [6.45, 7) is 2.07. The number of rotatable bonds is 1. The van der Waals surface area contributed by atoms with Crippen LogP contribution in [0.25, 0.3) is 16.9 Å². The van der Waals surface area contributed by atoms with Gasteiger partial charge in [0.05, 0.1) is 11.9 Å². The lowest BCUT2D eigenvalue weighted by Gasteiger charge is -1.96. The van der Waals surface area contributed by atoms with Crippen molar-refractivity contribution in [2.75, 3.05) is 0 Å². The van der Waals surface area contributed by atoms with Crippen LogP contribution in [0.5, 0.6) is 0 Å². The summed E-state index contributed by atoms with van der Waals surface area (Å²) in [4.78, 5) is 8.51. The number of imidazole rings is 1. The van der Waals surface area contributed by atoms with Crippen LogP contribution in [0.15, 0.2) is 42.9 Å². The highest BCUT2D eigenvalue weighted by atomic mass is 35.5. The maximum absolute atomic E-state index is 5.84. The number of benzene rings is 1. The maximum atomic E-state index is 5.84. The van der Waals surface area contributed by atoms with Gasteiger partial charge in [0.15, 0.2) is 5.65 Å². The van der Waals surface area contributed by atoms with Crippen LogP contribution in [0.2, 0.25) is 5.15 Å². The van der Waals surface area contributed by atoms with Crippen molar-refractivity contribution < 1.29 is 0 Å². The Bertz CT molecular complexity index is 671. The summed E-state index contributed by atoms with van der Waals surface area (Å²) in [7, 11) is 0. The van der Waals surface area contributed by atoms with E-state index in [9.17, 15) is 0 Å². The lowest BCUT2D eigenvalue weighted by molar-refractivity contribution is 1.13. The highest BCUT2D eigenvalue weighted by Crippen LogP contribution is 2.19. The van der Waals surface area contributed by atoms with Gasteiger partial charge in [0.2, 0.25) is 0 Å². The standard InChI is InChI=1S/C13H10ClN3/c1-9-2-4-10(5-3-9)11-7-17-8-12(14)15-6-13(17)16-11/h2-8H,1H3. The molecule has 3 aromatic rings. The van der Waals surface area contributed by atoms with Crippen LogP contribution in [0.3, 0.4) is 0 Å². The molecule has 0 aliphatic heterocycles. The molecule has 0 aliphatic rings. The Kier molecular flexibility index (Phi) is 2.34. The smallest absolute Gasteiger partial charge is 0.156 e. The summed E-state index contributed by atoms with van der Waals surface area (Å²) in [5.74, 6) is 0. The molecule has 0 N–H and O–H groups in total. The molecule has 0 spiro atoms. The van der Waals surface area contributed by atoms with E-state index < -0.39 is 0 Å². The first-order valence-electron chi connectivity index (χ1n) is 5.30. The Hall–Kier alpha value is -1.87. The summed E-state index contributed by atoms with van der Waals surface area (Å²) >= 11 is 5.84. The van der Waals surface area contributed by atoms with Crippen LogP contribution < -0.4 is 0 Å². The van der Waals surface area contributed by atoms with Crippen molar-refractivity contribution >= 4 is 17.2 Å². The van der Waals surface area contributed by atoms with Gasteiger partial charge >= 0.3 is 0 Å². The van der Waals surface area contributed by atoms with Gasteiger partial charge in [0.1, 0.15) is 5.15 Å². The first kappa shape index (κ1) is 10.3. The number of hydrogen-bond donors (Lipinski definition) is 0. The minimum Gasteiger partial charge on any atom is -0.302 e. The quantitative estimate of drug-likeness (QED) is 0.656. The minimum absolute atomic E-state index is 0.463. The number of hydrogen-bond acceptors (Lipinski definition) is 2. The molecule has 0 aliphatic carbocycles. The normalized spacial score (nSPS) is 10.9. The summed E-state index contributed by atoms with van der Waals surface area (Å²) < 4.78 is 1.88. The van der Waals surface area contributed by atoms with E-state index in [-0.39, 0.29) is 0 Å². The van der Waals surface area contributed by atoms with Gasteiger partial charge in [-0.25, -0.2) is 9.97 Å². The Morgan fingerprint density at radius 3 is 2.65 bits per heavy atom. The molecule has 0 unspecified atom stereocenters. The zero-order valence-corrected chi connectivity index (χ0v) is 10.0. The van der Waals surface area contributed by atoms with Crippen LogP contribution in [0, 0.1) is 6.92 Å². The predicted octanol–water partition coefficient (Wildman–Crippen LogP) is 3.36. The Balaban J connectivity index is 2.14. The molecule has 17 heavy (non-hydrogen) atoms. The van der Waals surface area contributed by atoms with Crippen molar-refractivity contribution in [2.24, 2.45) is 0 Å². The Morgan fingerprint density at radius 2 is 1.88 bits per heavy atom. The fourth-order valence-electron chi connectivity index (χ4n) is 1.74. The third-order valence-electron chi connectivity index (χ3n) is 2.66. The average molecular weight is 244 g/mol. The fraction of sp³-hybridized carbons (Fsp3) is 0.0769. The predicted molar refractivity (Wildman–Crippen MR) is 68.2 cm³/mol. The van der Waals surface area contributed by atoms with Gasteiger partial charge in [-0.05, 0) is 6.92 Å². The molecule has 4 heteroatoms. The number of aryl methyl sites for hydroxylation is 1. The molecule has 3 rings (SSSR count). The summed E-state index contributed by atoms with van der Waals surface area (Å²) in [6, 6.07) is 8.27. The zero-order valence-electron chi connectivity index (χ0n) is 9.26. The maximum Gasteiger partial charge on any atom is 0.156 e. The van der Waals surface area contributed by atoms with E-state index in [1.807, 2.05) is 10.6 Å². The van der Waals surface area contributed by atoms with Gasteiger partial charge in [-0.2, -0.15) is 0 Å². The topological polar surface area (TPSA) is 30.2 Å². The van der Waals surface area contributed by atoms with Crippen molar-refractivity contribution in [3.8, 4) is 11.3 Å². The lowest BCUT2D eigenvalue weighted by atomic mass is 10.1. The Morgan fingerprint density at radius 1 is 1.12 bits per heavy atom. The van der Waals surface area contributed by atoms with Crippen molar-refractivity contribution in [3.05, 3.63) is 53.6 Å². The van der Waals surface area contributed by atoms with Gasteiger partial charge in [-0.3, -0.25) is 0 Å². The van der Waals surface area contributed by atoms with E-state index in [1.165, 1.54) is 5.56 Å². The first-order valence-corrected chi connectivity index (χ1v) is 5.67. The Labute approximate surface area is 104 Å². The fourth-order valence-corrected chi connectivity index (χ4v) is 1.89. The number of fused-ring (bicyclic) bond motifs is 1. The van der Waals surface area contributed by atoms with Crippen molar-refractivity contribution in [1.29, 1.82) is 0 Å². The molecule has 84 valence electrons. The van der Waals surface area contributed by atoms with E-state index in [0.29, 0.717) is 5.15 Å². The number of aromatic nitrogens is 3. The molecule has 3 nitrogen and oxygen atoms in total. The minimum atomic E-state index is 0.463. The van der Waals surface area contributed by atoms with E-state index in [0.717, 1.165) is 16.9 Å². The molecule has 2 aromatic heterocycles. The molecule has 1 aromatic carbocycles. The largest absolute Gasteiger partial charge is 0.302 e. The van der Waals surface area contributed by atoms with Crippen molar-refractivity contribution in [1.82, 2.24) is 14.4 Å². The second-order valence-electron chi connectivity index (χ2n) is 3.97. The van der Waals surface area contributed by atoms with Crippen LogP contribution >= 0.6 is 11.6 Å². The monoisotopic (exact) mass is 243 g/mol. The van der Waals surface area contributed by atoms with E-state index >= 15 is 0 Å². The molecule has 2 heterocycles. The molecule has 0 fully saturated rings. The SMILES string of the molecule is Cc1ccc(-c2cn3cc(Cl)ncc3n2)cc1. The van der Waals surface area contributed by atoms with E-state index in [2.05, 4.69) is 41.2 Å². The first-order chi connectivity index (χ1) is 8.22. The molecule has 0 saturated heterocycles. The van der Waals surface area contributed by atoms with Crippen LogP contribution in [-0.2, 0) is 0 Å². The van der Waals surface area contributed by atoms with E-state index in [1.54, 1.807) is 12.4 Å². The lowest BCUT2D eigenvalue weighted by Crippen LogP contribution is -1.84. The van der Waals surface area contributed by atoms with Crippen LogP contribution in [0.4, 0.5) is 0 Å². The average Bonchev–Trinajstić information content (AvgIpc) is 2.72. The summed E-state index contributed by atoms with van der Waals surface area (Å²) in [5.41, 5.74) is 4.05. The highest BCUT2D eigenvalue weighted by molar-refractivity contribution is 6.29. The van der Waals surface area contributed by atoms with Crippen LogP contribution in [0.1, 0.15) is 5.56 Å². The molecule has 0 saturated carbocycles. The van der Waals surface area contributed by atoms with Gasteiger partial charge < -0.3 is 4.40 Å². The molecule has 0 radical (unpaired) electrons. The van der Waals surface area contributed by atoms with Crippen LogP contribution in [-0.4, -0.2) is 14.4 Å². The van der Waals surface area contributed by atoms with Crippen molar-refractivity contribution in [3.63, 3.8) is 0 Å². The molecule has 0 atom stereocenters. The second-order valence-corrected chi connectivity index (χ2v) is 4.35. The van der Waals surface area contributed by atoms with Crippen molar-refractivity contribution in [2.45, 2.75) is 6.92 Å². The summed E-state index contributed by atoms with van der Waals surface area (Å²) in [6.07, 6.45) is 5.37. The van der Waals surface area contributed by atoms with Gasteiger partial charge in [0, 0.05) is 18.0 Å². The molecule has 0 amide bonds. The molecule has 0 bridgehead atoms. The van der Waals surface area contributed by atoms with E-state index in [4.69, 9.17) is 11.6 Å². The molecular formula is C13H10ClN3. The number of halogens is 1. The summed E-state index contributed by atoms with van der Waals surface area (Å²) in [5, 5.41) is 0.463. The van der Waals surface area contributed by atoms with Gasteiger partial charge in [-0.1, -0.05) is 41.4 Å². The zero-order chi connectivity index (χ0) is 11.8. The third kappa shape index (κ3) is 1.89. The van der Waals surface area contributed by atoms with Gasteiger partial charge in [0.25, 0.3) is 0 Å². The number of nitrogens with zero attached hydrogens (tertiary/aromatic N) is 3. The third-order valence-corrected chi connectivity index (χ3v) is 2.85. The highest BCUT2D eigenvalue weighted by Gasteiger charge is 2.04. The van der Waals surface area contributed by atoms with Gasteiger partial charge in [-0.15, -0.1) is 0 Å². The molecular weight excluding hydrogens is 234 g/mol.